The average Bonchev–Trinajstić information content (AvgIpc) is 2.15. The SMILES string of the molecule is CCCSc1ccc(C(=O)O)nn1. The van der Waals surface area contributed by atoms with Crippen LogP contribution in [0.5, 0.6) is 0 Å². The molecule has 0 unspecified atom stereocenters. The molecule has 0 saturated carbocycles. The number of hydrogen-bond donors (Lipinski definition) is 1. The fourth-order valence-corrected chi connectivity index (χ4v) is 1.39. The molecular formula is C8H10N2O2S. The van der Waals surface area contributed by atoms with Gasteiger partial charge in [-0.05, 0) is 24.3 Å². The zero-order valence-electron chi connectivity index (χ0n) is 7.23. The van der Waals surface area contributed by atoms with E-state index in [1.54, 1.807) is 17.8 Å². The smallest absolute Gasteiger partial charge is 0.356 e. The van der Waals surface area contributed by atoms with Crippen LogP contribution in [0.15, 0.2) is 17.2 Å². The molecular weight excluding hydrogens is 188 g/mol. The zero-order valence-corrected chi connectivity index (χ0v) is 8.04. The second-order valence-corrected chi connectivity index (χ2v) is 3.53. The monoisotopic (exact) mass is 198 g/mol. The predicted molar refractivity (Wildman–Crippen MR) is 50.0 cm³/mol. The van der Waals surface area contributed by atoms with Gasteiger partial charge in [0, 0.05) is 0 Å². The van der Waals surface area contributed by atoms with E-state index in [1.807, 2.05) is 0 Å². The van der Waals surface area contributed by atoms with Gasteiger partial charge in [-0.1, -0.05) is 6.92 Å². The third-order valence-electron chi connectivity index (χ3n) is 1.31. The molecule has 4 nitrogen and oxygen atoms in total. The van der Waals surface area contributed by atoms with Crippen molar-refractivity contribution >= 4 is 17.7 Å². The molecule has 1 heterocycles. The number of nitrogens with zero attached hydrogens (tertiary/aromatic N) is 2. The number of aromatic nitrogens is 2. The maximum absolute atomic E-state index is 10.4. The van der Waals surface area contributed by atoms with Gasteiger partial charge in [0.1, 0.15) is 5.03 Å². The van der Waals surface area contributed by atoms with Crippen molar-refractivity contribution < 1.29 is 9.90 Å². The van der Waals surface area contributed by atoms with Crippen LogP contribution in [-0.2, 0) is 0 Å². The molecule has 1 aromatic heterocycles. The van der Waals surface area contributed by atoms with Gasteiger partial charge < -0.3 is 5.11 Å². The van der Waals surface area contributed by atoms with Crippen molar-refractivity contribution in [3.05, 3.63) is 17.8 Å². The molecule has 0 saturated heterocycles. The minimum absolute atomic E-state index is 0.0131. The van der Waals surface area contributed by atoms with Gasteiger partial charge in [-0.3, -0.25) is 0 Å². The summed E-state index contributed by atoms with van der Waals surface area (Å²) in [5.74, 6) is -0.0688. The van der Waals surface area contributed by atoms with Crippen LogP contribution < -0.4 is 0 Å². The highest BCUT2D eigenvalue weighted by atomic mass is 32.2. The van der Waals surface area contributed by atoms with Crippen molar-refractivity contribution in [3.63, 3.8) is 0 Å². The molecule has 0 radical (unpaired) electrons. The fourth-order valence-electron chi connectivity index (χ4n) is 0.718. The highest BCUT2D eigenvalue weighted by Gasteiger charge is 2.04. The lowest BCUT2D eigenvalue weighted by Gasteiger charge is -1.97. The molecule has 5 heteroatoms. The van der Waals surface area contributed by atoms with Gasteiger partial charge >= 0.3 is 5.97 Å². The van der Waals surface area contributed by atoms with Gasteiger partial charge in [-0.15, -0.1) is 22.0 Å². The lowest BCUT2D eigenvalue weighted by Crippen LogP contribution is -2.01. The zero-order chi connectivity index (χ0) is 9.68. The number of rotatable bonds is 4. The van der Waals surface area contributed by atoms with Crippen molar-refractivity contribution in [1.82, 2.24) is 10.2 Å². The molecule has 0 aliphatic rings. The van der Waals surface area contributed by atoms with Gasteiger partial charge in [0.15, 0.2) is 5.69 Å². The Morgan fingerprint density at radius 1 is 1.54 bits per heavy atom. The van der Waals surface area contributed by atoms with E-state index >= 15 is 0 Å². The van der Waals surface area contributed by atoms with Crippen LogP contribution in [-0.4, -0.2) is 27.0 Å². The number of aromatic carboxylic acids is 1. The van der Waals surface area contributed by atoms with Crippen LogP contribution in [0.25, 0.3) is 0 Å². The van der Waals surface area contributed by atoms with Crippen LogP contribution >= 0.6 is 11.8 Å². The minimum Gasteiger partial charge on any atom is -0.476 e. The van der Waals surface area contributed by atoms with Crippen molar-refractivity contribution in [2.45, 2.75) is 18.4 Å². The maximum Gasteiger partial charge on any atom is 0.356 e. The van der Waals surface area contributed by atoms with Crippen molar-refractivity contribution in [3.8, 4) is 0 Å². The van der Waals surface area contributed by atoms with Gasteiger partial charge in [0.2, 0.25) is 0 Å². The van der Waals surface area contributed by atoms with E-state index in [0.29, 0.717) is 0 Å². The summed E-state index contributed by atoms with van der Waals surface area (Å²) in [6.07, 6.45) is 1.06. The summed E-state index contributed by atoms with van der Waals surface area (Å²) in [5, 5.41) is 16.6. The summed E-state index contributed by atoms with van der Waals surface area (Å²) in [4.78, 5) is 10.4. The summed E-state index contributed by atoms with van der Waals surface area (Å²) in [7, 11) is 0. The lowest BCUT2D eigenvalue weighted by atomic mass is 10.4. The molecule has 0 fully saturated rings. The van der Waals surface area contributed by atoms with E-state index in [2.05, 4.69) is 17.1 Å². The van der Waals surface area contributed by atoms with Crippen LogP contribution in [0.2, 0.25) is 0 Å². The van der Waals surface area contributed by atoms with Crippen molar-refractivity contribution in [1.29, 1.82) is 0 Å². The molecule has 0 aromatic carbocycles. The number of hydrogen-bond acceptors (Lipinski definition) is 4. The second-order valence-electron chi connectivity index (χ2n) is 2.41. The molecule has 0 atom stereocenters. The summed E-state index contributed by atoms with van der Waals surface area (Å²) >= 11 is 1.57. The predicted octanol–water partition coefficient (Wildman–Crippen LogP) is 1.68. The molecule has 0 aliphatic carbocycles. The Balaban J connectivity index is 2.64. The third kappa shape index (κ3) is 3.02. The Hall–Kier alpha value is -1.10. The van der Waals surface area contributed by atoms with E-state index in [0.717, 1.165) is 17.2 Å². The van der Waals surface area contributed by atoms with E-state index in [-0.39, 0.29) is 5.69 Å². The first kappa shape index (κ1) is 9.98. The Morgan fingerprint density at radius 2 is 2.31 bits per heavy atom. The first-order valence-electron chi connectivity index (χ1n) is 3.94. The molecule has 1 aromatic rings. The van der Waals surface area contributed by atoms with Crippen LogP contribution in [0.4, 0.5) is 0 Å². The molecule has 1 rings (SSSR count). The summed E-state index contributed by atoms with van der Waals surface area (Å²) in [6, 6.07) is 3.14. The standard InChI is InChI=1S/C8H10N2O2S/c1-2-5-13-7-4-3-6(8(11)12)9-10-7/h3-4H,2,5H2,1H3,(H,11,12). The van der Waals surface area contributed by atoms with Crippen LogP contribution in [0.3, 0.4) is 0 Å². The lowest BCUT2D eigenvalue weighted by molar-refractivity contribution is 0.0689. The van der Waals surface area contributed by atoms with Gasteiger partial charge in [-0.25, -0.2) is 4.79 Å². The second kappa shape index (κ2) is 4.81. The molecule has 0 spiro atoms. The third-order valence-corrected chi connectivity index (χ3v) is 2.44. The number of carboxylic acids is 1. The molecule has 70 valence electrons. The van der Waals surface area contributed by atoms with Crippen LogP contribution in [0, 0.1) is 0 Å². The summed E-state index contributed by atoms with van der Waals surface area (Å²) in [6.45, 7) is 2.08. The van der Waals surface area contributed by atoms with Crippen molar-refractivity contribution in [2.75, 3.05) is 5.75 Å². The largest absolute Gasteiger partial charge is 0.476 e. The molecule has 0 bridgehead atoms. The first-order chi connectivity index (χ1) is 6.24. The topological polar surface area (TPSA) is 63.1 Å². The molecule has 0 amide bonds. The van der Waals surface area contributed by atoms with E-state index in [1.165, 1.54) is 6.07 Å². The highest BCUT2D eigenvalue weighted by molar-refractivity contribution is 7.99. The average molecular weight is 198 g/mol. The van der Waals surface area contributed by atoms with E-state index < -0.39 is 5.97 Å². The molecule has 0 aliphatic heterocycles. The van der Waals surface area contributed by atoms with Gasteiger partial charge in [-0.2, -0.15) is 0 Å². The minimum atomic E-state index is -1.04. The van der Waals surface area contributed by atoms with Crippen molar-refractivity contribution in [2.24, 2.45) is 0 Å². The molecule has 13 heavy (non-hydrogen) atoms. The molecule has 1 N–H and O–H groups in total. The highest BCUT2D eigenvalue weighted by Crippen LogP contribution is 2.14. The van der Waals surface area contributed by atoms with Gasteiger partial charge in [0.25, 0.3) is 0 Å². The van der Waals surface area contributed by atoms with E-state index in [9.17, 15) is 4.79 Å². The summed E-state index contributed by atoms with van der Waals surface area (Å²) in [5.41, 5.74) is -0.0131. The summed E-state index contributed by atoms with van der Waals surface area (Å²) < 4.78 is 0. The van der Waals surface area contributed by atoms with Crippen LogP contribution in [0.1, 0.15) is 23.8 Å². The Morgan fingerprint density at radius 3 is 2.77 bits per heavy atom. The Labute approximate surface area is 80.4 Å². The fraction of sp³-hybridized carbons (Fsp3) is 0.375. The Kier molecular flexibility index (Phi) is 3.70. The number of carbonyl (C=O) groups is 1. The normalized spacial score (nSPS) is 9.92. The quantitative estimate of drug-likeness (QED) is 0.746. The first-order valence-corrected chi connectivity index (χ1v) is 4.92. The van der Waals surface area contributed by atoms with Gasteiger partial charge in [0.05, 0.1) is 0 Å². The van der Waals surface area contributed by atoms with E-state index in [4.69, 9.17) is 5.11 Å². The Bertz CT molecular complexity index is 287. The number of thioether (sulfide) groups is 1. The number of carboxylic acid groups (broad SMARTS) is 1. The maximum atomic E-state index is 10.4.